The SMILES string of the molecule is CCOP(=O)(OCC)C(C)COCCO. The first-order valence-electron chi connectivity index (χ1n) is 5.18. The monoisotopic (exact) mass is 240 g/mol. The average Bonchev–Trinajstić information content (AvgIpc) is 2.18. The summed E-state index contributed by atoms with van der Waals surface area (Å²) in [4.78, 5) is 0. The van der Waals surface area contributed by atoms with Gasteiger partial charge in [0.15, 0.2) is 0 Å². The van der Waals surface area contributed by atoms with Gasteiger partial charge in [-0.3, -0.25) is 4.57 Å². The van der Waals surface area contributed by atoms with E-state index < -0.39 is 7.60 Å². The summed E-state index contributed by atoms with van der Waals surface area (Å²) in [6.45, 7) is 6.45. The summed E-state index contributed by atoms with van der Waals surface area (Å²) in [5, 5.41) is 8.53. The van der Waals surface area contributed by atoms with Crippen molar-refractivity contribution >= 4 is 7.60 Å². The zero-order valence-corrected chi connectivity index (χ0v) is 10.5. The molecular weight excluding hydrogens is 219 g/mol. The van der Waals surface area contributed by atoms with Crippen LogP contribution in [0.1, 0.15) is 20.8 Å². The number of hydrogen-bond acceptors (Lipinski definition) is 5. The highest BCUT2D eigenvalue weighted by Crippen LogP contribution is 2.52. The number of hydrogen-bond donors (Lipinski definition) is 1. The number of rotatable bonds is 9. The van der Waals surface area contributed by atoms with E-state index in [9.17, 15) is 4.57 Å². The zero-order chi connectivity index (χ0) is 11.7. The van der Waals surface area contributed by atoms with Crippen LogP contribution in [0.2, 0.25) is 0 Å². The lowest BCUT2D eigenvalue weighted by molar-refractivity contribution is 0.0872. The molecule has 0 aliphatic carbocycles. The van der Waals surface area contributed by atoms with E-state index in [1.54, 1.807) is 20.8 Å². The molecule has 92 valence electrons. The Morgan fingerprint density at radius 2 is 1.80 bits per heavy atom. The lowest BCUT2D eigenvalue weighted by atomic mass is 10.5. The van der Waals surface area contributed by atoms with Crippen LogP contribution in [-0.4, -0.2) is 43.8 Å². The molecule has 0 fully saturated rings. The molecule has 0 aromatic rings. The van der Waals surface area contributed by atoms with Crippen molar-refractivity contribution in [2.45, 2.75) is 26.4 Å². The zero-order valence-electron chi connectivity index (χ0n) is 9.64. The molecule has 0 saturated carbocycles. The summed E-state index contributed by atoms with van der Waals surface area (Å²) in [6, 6.07) is 0. The van der Waals surface area contributed by atoms with E-state index in [-0.39, 0.29) is 25.5 Å². The molecule has 1 unspecified atom stereocenters. The van der Waals surface area contributed by atoms with Crippen molar-refractivity contribution in [3.05, 3.63) is 0 Å². The second-order valence-electron chi connectivity index (χ2n) is 3.02. The molecule has 0 bridgehead atoms. The second-order valence-corrected chi connectivity index (χ2v) is 5.50. The predicted molar refractivity (Wildman–Crippen MR) is 58.2 cm³/mol. The molecule has 0 saturated heterocycles. The number of aliphatic hydroxyl groups excluding tert-OH is 1. The van der Waals surface area contributed by atoms with Gasteiger partial charge in [0.2, 0.25) is 0 Å². The maximum Gasteiger partial charge on any atom is 0.335 e. The van der Waals surface area contributed by atoms with Crippen LogP contribution in [0, 0.1) is 0 Å². The van der Waals surface area contributed by atoms with Crippen LogP contribution in [0.15, 0.2) is 0 Å². The van der Waals surface area contributed by atoms with Crippen molar-refractivity contribution in [2.24, 2.45) is 0 Å². The molecule has 0 spiro atoms. The van der Waals surface area contributed by atoms with Gasteiger partial charge in [-0.05, 0) is 20.8 Å². The van der Waals surface area contributed by atoms with Gasteiger partial charge in [0.05, 0.1) is 38.7 Å². The highest BCUT2D eigenvalue weighted by atomic mass is 31.2. The molecule has 15 heavy (non-hydrogen) atoms. The molecule has 0 aliphatic heterocycles. The predicted octanol–water partition coefficient (Wildman–Crippen LogP) is 1.65. The van der Waals surface area contributed by atoms with E-state index in [0.29, 0.717) is 13.2 Å². The quantitative estimate of drug-likeness (QED) is 0.490. The van der Waals surface area contributed by atoms with Gasteiger partial charge in [-0.2, -0.15) is 0 Å². The van der Waals surface area contributed by atoms with Crippen LogP contribution < -0.4 is 0 Å². The summed E-state index contributed by atoms with van der Waals surface area (Å²) in [5.74, 6) is 0. The first-order chi connectivity index (χ1) is 7.10. The molecule has 0 amide bonds. The minimum atomic E-state index is -3.06. The van der Waals surface area contributed by atoms with Gasteiger partial charge in [-0.15, -0.1) is 0 Å². The minimum Gasteiger partial charge on any atom is -0.394 e. The highest BCUT2D eigenvalue weighted by molar-refractivity contribution is 7.54. The van der Waals surface area contributed by atoms with Crippen LogP contribution in [0.5, 0.6) is 0 Å². The molecular formula is C9H21O5P. The van der Waals surface area contributed by atoms with Crippen LogP contribution in [-0.2, 0) is 18.3 Å². The van der Waals surface area contributed by atoms with Gasteiger partial charge >= 0.3 is 7.60 Å². The fourth-order valence-electron chi connectivity index (χ4n) is 1.06. The van der Waals surface area contributed by atoms with Crippen molar-refractivity contribution in [3.8, 4) is 0 Å². The van der Waals surface area contributed by atoms with E-state index in [2.05, 4.69) is 0 Å². The first-order valence-corrected chi connectivity index (χ1v) is 6.79. The maximum atomic E-state index is 12.1. The van der Waals surface area contributed by atoms with Gasteiger partial charge in [-0.25, -0.2) is 0 Å². The lowest BCUT2D eigenvalue weighted by Gasteiger charge is -2.22. The second kappa shape index (κ2) is 8.25. The topological polar surface area (TPSA) is 65.0 Å². The molecule has 6 heteroatoms. The molecule has 1 N–H and O–H groups in total. The minimum absolute atomic E-state index is 0.0414. The molecule has 0 heterocycles. The van der Waals surface area contributed by atoms with Gasteiger partial charge in [-0.1, -0.05) is 0 Å². The van der Waals surface area contributed by atoms with E-state index in [1.165, 1.54) is 0 Å². The van der Waals surface area contributed by atoms with Crippen LogP contribution in [0.25, 0.3) is 0 Å². The van der Waals surface area contributed by atoms with Crippen molar-refractivity contribution in [3.63, 3.8) is 0 Å². The molecule has 0 radical (unpaired) electrons. The van der Waals surface area contributed by atoms with Gasteiger partial charge in [0.1, 0.15) is 0 Å². The Kier molecular flexibility index (Phi) is 8.29. The van der Waals surface area contributed by atoms with E-state index >= 15 is 0 Å². The third-order valence-corrected chi connectivity index (χ3v) is 4.22. The third-order valence-electron chi connectivity index (χ3n) is 1.75. The Labute approximate surface area is 91.3 Å². The first kappa shape index (κ1) is 15.1. The molecule has 1 atom stereocenters. The molecule has 0 aromatic heterocycles. The number of ether oxygens (including phenoxy) is 1. The molecule has 0 aliphatic rings. The fourth-order valence-corrected chi connectivity index (χ4v) is 2.65. The Hall–Kier alpha value is 0.0700. The normalized spacial score (nSPS) is 14.1. The van der Waals surface area contributed by atoms with Gasteiger partial charge in [0.25, 0.3) is 0 Å². The smallest absolute Gasteiger partial charge is 0.335 e. The van der Waals surface area contributed by atoms with Crippen molar-refractivity contribution in [1.82, 2.24) is 0 Å². The van der Waals surface area contributed by atoms with E-state index in [0.717, 1.165) is 0 Å². The van der Waals surface area contributed by atoms with Crippen molar-refractivity contribution in [2.75, 3.05) is 33.0 Å². The Balaban J connectivity index is 4.15. The summed E-state index contributed by atoms with van der Waals surface area (Å²) >= 11 is 0. The standard InChI is InChI=1S/C9H21O5P/c1-4-13-15(11,14-5-2)9(3)8-12-7-6-10/h9-10H,4-8H2,1-3H3. The Morgan fingerprint density at radius 1 is 1.27 bits per heavy atom. The summed E-state index contributed by atoms with van der Waals surface area (Å²) in [6.07, 6.45) is 0. The maximum absolute atomic E-state index is 12.1. The van der Waals surface area contributed by atoms with E-state index in [1.807, 2.05) is 0 Å². The fraction of sp³-hybridized carbons (Fsp3) is 1.00. The average molecular weight is 240 g/mol. The highest BCUT2D eigenvalue weighted by Gasteiger charge is 2.31. The Morgan fingerprint density at radius 3 is 2.20 bits per heavy atom. The molecule has 5 nitrogen and oxygen atoms in total. The van der Waals surface area contributed by atoms with Crippen LogP contribution in [0.4, 0.5) is 0 Å². The largest absolute Gasteiger partial charge is 0.394 e. The van der Waals surface area contributed by atoms with E-state index in [4.69, 9.17) is 18.9 Å². The number of aliphatic hydroxyl groups is 1. The van der Waals surface area contributed by atoms with Crippen molar-refractivity contribution in [1.29, 1.82) is 0 Å². The molecule has 0 aromatic carbocycles. The Bertz CT molecular complexity index is 187. The lowest BCUT2D eigenvalue weighted by Crippen LogP contribution is -2.17. The summed E-state index contributed by atoms with van der Waals surface area (Å²) in [5.41, 5.74) is -0.316. The van der Waals surface area contributed by atoms with Gasteiger partial charge < -0.3 is 18.9 Å². The van der Waals surface area contributed by atoms with Crippen LogP contribution in [0.3, 0.4) is 0 Å². The molecule has 0 rings (SSSR count). The van der Waals surface area contributed by atoms with Crippen LogP contribution >= 0.6 is 7.60 Å². The van der Waals surface area contributed by atoms with Crippen molar-refractivity contribution < 1.29 is 23.5 Å². The summed E-state index contributed by atoms with van der Waals surface area (Å²) < 4.78 is 27.5. The summed E-state index contributed by atoms with van der Waals surface area (Å²) in [7, 11) is -3.06. The third kappa shape index (κ3) is 5.64. The van der Waals surface area contributed by atoms with Gasteiger partial charge in [0, 0.05) is 0 Å².